The average molecular weight is 324 g/mol. The standard InChI is InChI=1S/C16H10BrN3/c17-13-6-11(9-18)7-14(8-13)20-16-3-1-2-12-4-5-19-10-15(12)16/h1-8,10,20H. The molecule has 0 bridgehead atoms. The lowest BCUT2D eigenvalue weighted by atomic mass is 10.1. The van der Waals surface area contributed by atoms with Crippen molar-refractivity contribution >= 4 is 38.1 Å². The van der Waals surface area contributed by atoms with Crippen LogP contribution in [0.3, 0.4) is 0 Å². The molecule has 0 atom stereocenters. The molecule has 0 saturated carbocycles. The Morgan fingerprint density at radius 3 is 2.90 bits per heavy atom. The summed E-state index contributed by atoms with van der Waals surface area (Å²) in [5, 5.41) is 14.5. The summed E-state index contributed by atoms with van der Waals surface area (Å²) < 4.78 is 0.873. The van der Waals surface area contributed by atoms with Crippen LogP contribution in [-0.4, -0.2) is 4.98 Å². The molecule has 20 heavy (non-hydrogen) atoms. The van der Waals surface area contributed by atoms with Crippen LogP contribution in [0.15, 0.2) is 59.3 Å². The Labute approximate surface area is 125 Å². The van der Waals surface area contributed by atoms with Gasteiger partial charge in [-0.1, -0.05) is 28.1 Å². The molecule has 2 aromatic carbocycles. The van der Waals surface area contributed by atoms with E-state index in [1.807, 2.05) is 42.6 Å². The zero-order valence-electron chi connectivity index (χ0n) is 10.5. The van der Waals surface area contributed by atoms with Gasteiger partial charge in [-0.25, -0.2) is 0 Å². The minimum absolute atomic E-state index is 0.611. The highest BCUT2D eigenvalue weighted by Gasteiger charge is 2.03. The molecule has 0 spiro atoms. The molecular formula is C16H10BrN3. The predicted molar refractivity (Wildman–Crippen MR) is 83.9 cm³/mol. The first-order valence-electron chi connectivity index (χ1n) is 6.07. The highest BCUT2D eigenvalue weighted by Crippen LogP contribution is 2.27. The topological polar surface area (TPSA) is 48.7 Å². The van der Waals surface area contributed by atoms with Crippen LogP contribution >= 0.6 is 15.9 Å². The smallest absolute Gasteiger partial charge is 0.0992 e. The summed E-state index contributed by atoms with van der Waals surface area (Å²) in [6, 6.07) is 15.7. The van der Waals surface area contributed by atoms with Gasteiger partial charge in [0.2, 0.25) is 0 Å². The van der Waals surface area contributed by atoms with E-state index in [0.717, 1.165) is 26.6 Å². The van der Waals surface area contributed by atoms with Gasteiger partial charge in [0.25, 0.3) is 0 Å². The summed E-state index contributed by atoms with van der Waals surface area (Å²) in [5.74, 6) is 0. The van der Waals surface area contributed by atoms with Gasteiger partial charge < -0.3 is 5.32 Å². The second-order valence-electron chi connectivity index (χ2n) is 4.37. The Hall–Kier alpha value is -2.38. The van der Waals surface area contributed by atoms with Crippen LogP contribution in [0.25, 0.3) is 10.8 Å². The predicted octanol–water partition coefficient (Wildman–Crippen LogP) is 4.61. The lowest BCUT2D eigenvalue weighted by Gasteiger charge is -2.10. The molecule has 96 valence electrons. The first-order chi connectivity index (χ1) is 9.76. The third-order valence-electron chi connectivity index (χ3n) is 2.99. The molecule has 0 amide bonds. The van der Waals surface area contributed by atoms with Crippen LogP contribution in [0.2, 0.25) is 0 Å². The second-order valence-corrected chi connectivity index (χ2v) is 5.28. The highest BCUT2D eigenvalue weighted by molar-refractivity contribution is 9.10. The Bertz CT molecular complexity index is 816. The Morgan fingerprint density at radius 2 is 2.05 bits per heavy atom. The van der Waals surface area contributed by atoms with Gasteiger partial charge in [-0.05, 0) is 35.7 Å². The fraction of sp³-hybridized carbons (Fsp3) is 0. The van der Waals surface area contributed by atoms with Crippen molar-refractivity contribution in [3.05, 3.63) is 64.9 Å². The number of fused-ring (bicyclic) bond motifs is 1. The summed E-state index contributed by atoms with van der Waals surface area (Å²) in [5.41, 5.74) is 2.45. The van der Waals surface area contributed by atoms with Crippen molar-refractivity contribution in [1.29, 1.82) is 5.26 Å². The van der Waals surface area contributed by atoms with Crippen molar-refractivity contribution in [3.8, 4) is 6.07 Å². The zero-order valence-corrected chi connectivity index (χ0v) is 12.1. The molecule has 0 aliphatic heterocycles. The van der Waals surface area contributed by atoms with Gasteiger partial charge in [0.1, 0.15) is 0 Å². The highest BCUT2D eigenvalue weighted by atomic mass is 79.9. The molecule has 4 heteroatoms. The van der Waals surface area contributed by atoms with Gasteiger partial charge in [-0.3, -0.25) is 4.98 Å². The molecule has 1 heterocycles. The first-order valence-corrected chi connectivity index (χ1v) is 6.86. The minimum Gasteiger partial charge on any atom is -0.355 e. The molecule has 0 aliphatic rings. The number of hydrogen-bond acceptors (Lipinski definition) is 3. The van der Waals surface area contributed by atoms with Gasteiger partial charge >= 0.3 is 0 Å². The van der Waals surface area contributed by atoms with Crippen LogP contribution in [0.4, 0.5) is 11.4 Å². The molecule has 3 nitrogen and oxygen atoms in total. The quantitative estimate of drug-likeness (QED) is 0.749. The van der Waals surface area contributed by atoms with Crippen molar-refractivity contribution in [3.63, 3.8) is 0 Å². The van der Waals surface area contributed by atoms with E-state index in [1.165, 1.54) is 0 Å². The molecule has 3 aromatic rings. The van der Waals surface area contributed by atoms with E-state index < -0.39 is 0 Å². The average Bonchev–Trinajstić information content (AvgIpc) is 2.47. The fourth-order valence-electron chi connectivity index (χ4n) is 2.10. The Morgan fingerprint density at radius 1 is 1.15 bits per heavy atom. The summed E-state index contributed by atoms with van der Waals surface area (Å²) in [4.78, 5) is 4.16. The van der Waals surface area contributed by atoms with E-state index >= 15 is 0 Å². The van der Waals surface area contributed by atoms with Crippen LogP contribution in [-0.2, 0) is 0 Å². The van der Waals surface area contributed by atoms with E-state index in [0.29, 0.717) is 5.56 Å². The molecule has 0 unspecified atom stereocenters. The number of anilines is 2. The van der Waals surface area contributed by atoms with Gasteiger partial charge in [0, 0.05) is 33.6 Å². The number of hydrogen-bond donors (Lipinski definition) is 1. The molecular weight excluding hydrogens is 314 g/mol. The van der Waals surface area contributed by atoms with Crippen molar-refractivity contribution in [2.75, 3.05) is 5.32 Å². The van der Waals surface area contributed by atoms with E-state index in [2.05, 4.69) is 32.3 Å². The molecule has 3 rings (SSSR count). The van der Waals surface area contributed by atoms with Crippen LogP contribution in [0.1, 0.15) is 5.56 Å². The number of nitrogens with zero attached hydrogens (tertiary/aromatic N) is 2. The van der Waals surface area contributed by atoms with Crippen LogP contribution in [0.5, 0.6) is 0 Å². The van der Waals surface area contributed by atoms with Crippen LogP contribution < -0.4 is 5.32 Å². The van der Waals surface area contributed by atoms with Gasteiger partial charge in [-0.15, -0.1) is 0 Å². The van der Waals surface area contributed by atoms with E-state index in [1.54, 1.807) is 12.3 Å². The minimum atomic E-state index is 0.611. The SMILES string of the molecule is N#Cc1cc(Br)cc(Nc2cccc3ccncc23)c1. The molecule has 0 saturated heterocycles. The van der Waals surface area contributed by atoms with E-state index in [4.69, 9.17) is 5.26 Å². The maximum atomic E-state index is 9.02. The van der Waals surface area contributed by atoms with E-state index in [-0.39, 0.29) is 0 Å². The lowest BCUT2D eigenvalue weighted by Crippen LogP contribution is -1.92. The number of pyridine rings is 1. The number of rotatable bonds is 2. The third kappa shape index (κ3) is 2.49. The first kappa shape index (κ1) is 12.6. The summed E-state index contributed by atoms with van der Waals surface area (Å²) in [6.07, 6.45) is 3.61. The summed E-state index contributed by atoms with van der Waals surface area (Å²) in [6.45, 7) is 0. The molecule has 1 aromatic heterocycles. The third-order valence-corrected chi connectivity index (χ3v) is 3.45. The number of halogens is 1. The number of nitrogens with one attached hydrogen (secondary N) is 1. The van der Waals surface area contributed by atoms with Crippen molar-refractivity contribution < 1.29 is 0 Å². The second kappa shape index (κ2) is 5.32. The maximum Gasteiger partial charge on any atom is 0.0992 e. The fourth-order valence-corrected chi connectivity index (χ4v) is 2.60. The monoisotopic (exact) mass is 323 g/mol. The van der Waals surface area contributed by atoms with Crippen molar-refractivity contribution in [1.82, 2.24) is 4.98 Å². The normalized spacial score (nSPS) is 10.2. The Balaban J connectivity index is 2.06. The maximum absolute atomic E-state index is 9.02. The van der Waals surface area contributed by atoms with E-state index in [9.17, 15) is 0 Å². The number of benzene rings is 2. The molecule has 0 aliphatic carbocycles. The van der Waals surface area contributed by atoms with Gasteiger partial charge in [0.05, 0.1) is 11.6 Å². The molecule has 0 fully saturated rings. The largest absolute Gasteiger partial charge is 0.355 e. The zero-order chi connectivity index (χ0) is 13.9. The van der Waals surface area contributed by atoms with Crippen molar-refractivity contribution in [2.24, 2.45) is 0 Å². The van der Waals surface area contributed by atoms with Crippen LogP contribution in [0, 0.1) is 11.3 Å². The summed E-state index contributed by atoms with van der Waals surface area (Å²) >= 11 is 3.41. The molecule has 1 N–H and O–H groups in total. The number of aromatic nitrogens is 1. The van der Waals surface area contributed by atoms with Gasteiger partial charge in [-0.2, -0.15) is 5.26 Å². The Kier molecular flexibility index (Phi) is 3.36. The summed E-state index contributed by atoms with van der Waals surface area (Å²) in [7, 11) is 0. The number of nitriles is 1. The van der Waals surface area contributed by atoms with Crippen molar-refractivity contribution in [2.45, 2.75) is 0 Å². The lowest BCUT2D eigenvalue weighted by molar-refractivity contribution is 1.36. The molecule has 0 radical (unpaired) electrons. The van der Waals surface area contributed by atoms with Gasteiger partial charge in [0.15, 0.2) is 0 Å².